The Hall–Kier alpha value is -1.96. The summed E-state index contributed by atoms with van der Waals surface area (Å²) in [5.74, 6) is -0.412. The fraction of sp³-hybridized carbons (Fsp3) is 0.200. The van der Waals surface area contributed by atoms with Gasteiger partial charge in [-0.15, -0.1) is 10.2 Å². The number of carbonyl (C=O) groups excluding carboxylic acids is 1. The van der Waals surface area contributed by atoms with Gasteiger partial charge in [0.05, 0.1) is 11.4 Å². The van der Waals surface area contributed by atoms with Gasteiger partial charge in [0.1, 0.15) is 0 Å². The number of amides is 1. The van der Waals surface area contributed by atoms with E-state index < -0.39 is 5.91 Å². The van der Waals surface area contributed by atoms with Crippen LogP contribution in [0, 0.1) is 0 Å². The van der Waals surface area contributed by atoms with Crippen molar-refractivity contribution < 1.29 is 4.79 Å². The number of anilines is 2. The summed E-state index contributed by atoms with van der Waals surface area (Å²) in [5.41, 5.74) is 1.55. The summed E-state index contributed by atoms with van der Waals surface area (Å²) in [6.45, 7) is 0. The van der Waals surface area contributed by atoms with Gasteiger partial charge in [-0.2, -0.15) is 5.21 Å². The lowest BCUT2D eigenvalue weighted by Crippen LogP contribution is -2.17. The molecule has 1 amide bonds. The fourth-order valence-electron chi connectivity index (χ4n) is 1.43. The Morgan fingerprint density at radius 2 is 2.22 bits per heavy atom. The molecule has 2 N–H and O–H groups in total. The number of H-pyrrole nitrogens is 1. The first-order valence-electron chi connectivity index (χ1n) is 5.09. The van der Waals surface area contributed by atoms with Gasteiger partial charge in [0, 0.05) is 18.6 Å². The van der Waals surface area contributed by atoms with Gasteiger partial charge >= 0.3 is 0 Å². The van der Waals surface area contributed by atoms with Crippen LogP contribution in [-0.2, 0) is 0 Å². The van der Waals surface area contributed by atoms with Gasteiger partial charge in [-0.25, -0.2) is 0 Å². The second-order valence-electron chi connectivity index (χ2n) is 3.75. The van der Waals surface area contributed by atoms with E-state index in [1.807, 2.05) is 37.2 Å². The van der Waals surface area contributed by atoms with Crippen molar-refractivity contribution in [3.05, 3.63) is 28.5 Å². The van der Waals surface area contributed by atoms with Crippen LogP contribution in [0.2, 0.25) is 0 Å². The molecular weight excluding hydrogens is 300 g/mol. The summed E-state index contributed by atoms with van der Waals surface area (Å²) in [6, 6.07) is 5.61. The van der Waals surface area contributed by atoms with Crippen molar-refractivity contribution in [2.75, 3.05) is 24.3 Å². The molecule has 0 radical (unpaired) electrons. The minimum atomic E-state index is -0.412. The smallest absolute Gasteiger partial charge is 0.297 e. The molecule has 0 saturated carbocycles. The summed E-state index contributed by atoms with van der Waals surface area (Å²) in [4.78, 5) is 13.7. The Bertz CT molecular complexity index is 554. The minimum absolute atomic E-state index is 0.000295. The first-order chi connectivity index (χ1) is 8.58. The van der Waals surface area contributed by atoms with E-state index in [4.69, 9.17) is 0 Å². The van der Waals surface area contributed by atoms with Crippen LogP contribution >= 0.6 is 15.9 Å². The van der Waals surface area contributed by atoms with Gasteiger partial charge in [-0.1, -0.05) is 15.9 Å². The number of aromatic nitrogens is 4. The Balaban J connectivity index is 2.28. The highest BCUT2D eigenvalue weighted by Crippen LogP contribution is 2.28. The van der Waals surface area contributed by atoms with Gasteiger partial charge in [0.2, 0.25) is 0 Å². The van der Waals surface area contributed by atoms with E-state index in [0.717, 1.165) is 10.2 Å². The highest BCUT2D eigenvalue weighted by Gasteiger charge is 2.14. The van der Waals surface area contributed by atoms with E-state index in [9.17, 15) is 4.79 Å². The Labute approximate surface area is 112 Å². The van der Waals surface area contributed by atoms with Gasteiger partial charge in [0.25, 0.3) is 11.7 Å². The molecular formula is C10H11BrN6O. The Morgan fingerprint density at radius 3 is 2.83 bits per heavy atom. The van der Waals surface area contributed by atoms with E-state index >= 15 is 0 Å². The van der Waals surface area contributed by atoms with Crippen LogP contribution in [0.4, 0.5) is 11.4 Å². The van der Waals surface area contributed by atoms with E-state index in [0.29, 0.717) is 5.69 Å². The fourth-order valence-corrected chi connectivity index (χ4v) is 1.80. The van der Waals surface area contributed by atoms with Crippen LogP contribution in [-0.4, -0.2) is 40.6 Å². The van der Waals surface area contributed by atoms with Crippen molar-refractivity contribution in [3.8, 4) is 0 Å². The lowest BCUT2D eigenvalue weighted by Gasteiger charge is -2.17. The van der Waals surface area contributed by atoms with Gasteiger partial charge in [-0.3, -0.25) is 4.79 Å². The molecule has 0 spiro atoms. The monoisotopic (exact) mass is 310 g/mol. The molecule has 0 saturated heterocycles. The van der Waals surface area contributed by atoms with E-state index in [2.05, 4.69) is 41.9 Å². The van der Waals surface area contributed by atoms with Crippen LogP contribution in [0.25, 0.3) is 0 Å². The third kappa shape index (κ3) is 2.65. The first-order valence-corrected chi connectivity index (χ1v) is 5.89. The number of hydrogen-bond donors (Lipinski definition) is 2. The van der Waals surface area contributed by atoms with Crippen molar-refractivity contribution in [1.82, 2.24) is 20.6 Å². The second kappa shape index (κ2) is 5.13. The lowest BCUT2D eigenvalue weighted by atomic mass is 10.2. The molecule has 0 aliphatic rings. The standard InChI is InChI=1S/C10H11BrN6O/c1-17(2)8-4-3-6(11)5-7(8)12-10(18)9-13-15-16-14-9/h3-5H,1-2H3,(H,12,18)(H,13,14,15,16). The van der Waals surface area contributed by atoms with Crippen molar-refractivity contribution in [3.63, 3.8) is 0 Å². The maximum Gasteiger partial charge on any atom is 0.297 e. The van der Waals surface area contributed by atoms with Crippen LogP contribution in [0.15, 0.2) is 22.7 Å². The van der Waals surface area contributed by atoms with Crippen molar-refractivity contribution in [1.29, 1.82) is 0 Å². The molecule has 0 unspecified atom stereocenters. The molecule has 0 atom stereocenters. The number of halogens is 1. The molecule has 1 aromatic heterocycles. The maximum absolute atomic E-state index is 11.8. The average Bonchev–Trinajstić information content (AvgIpc) is 2.81. The lowest BCUT2D eigenvalue weighted by molar-refractivity contribution is 0.101. The van der Waals surface area contributed by atoms with Gasteiger partial charge in [-0.05, 0) is 23.4 Å². The predicted octanol–water partition coefficient (Wildman–Crippen LogP) is 1.28. The highest BCUT2D eigenvalue weighted by molar-refractivity contribution is 9.10. The normalized spacial score (nSPS) is 10.2. The third-order valence-electron chi connectivity index (χ3n) is 2.24. The zero-order chi connectivity index (χ0) is 13.1. The Morgan fingerprint density at radius 1 is 1.44 bits per heavy atom. The summed E-state index contributed by atoms with van der Waals surface area (Å²) in [7, 11) is 3.79. The molecule has 1 aromatic carbocycles. The van der Waals surface area contributed by atoms with E-state index in [1.54, 1.807) is 0 Å². The van der Waals surface area contributed by atoms with Crippen LogP contribution < -0.4 is 10.2 Å². The predicted molar refractivity (Wildman–Crippen MR) is 70.6 cm³/mol. The summed E-state index contributed by atoms with van der Waals surface area (Å²) in [5, 5.41) is 15.6. The second-order valence-corrected chi connectivity index (χ2v) is 4.66. The number of benzene rings is 1. The molecule has 8 heteroatoms. The number of tetrazole rings is 1. The maximum atomic E-state index is 11.8. The number of nitrogens with zero attached hydrogens (tertiary/aromatic N) is 4. The quantitative estimate of drug-likeness (QED) is 0.892. The van der Waals surface area contributed by atoms with Crippen molar-refractivity contribution in [2.24, 2.45) is 0 Å². The van der Waals surface area contributed by atoms with Crippen LogP contribution in [0.1, 0.15) is 10.6 Å². The molecule has 94 valence electrons. The van der Waals surface area contributed by atoms with E-state index in [-0.39, 0.29) is 5.82 Å². The number of hydrogen-bond acceptors (Lipinski definition) is 5. The minimum Gasteiger partial charge on any atom is -0.376 e. The van der Waals surface area contributed by atoms with Crippen LogP contribution in [0.3, 0.4) is 0 Å². The zero-order valence-corrected chi connectivity index (χ0v) is 11.4. The number of nitrogens with one attached hydrogen (secondary N) is 2. The average molecular weight is 311 g/mol. The molecule has 1 heterocycles. The molecule has 0 aliphatic carbocycles. The van der Waals surface area contributed by atoms with Gasteiger partial charge < -0.3 is 10.2 Å². The van der Waals surface area contributed by atoms with Crippen LogP contribution in [0.5, 0.6) is 0 Å². The largest absolute Gasteiger partial charge is 0.376 e. The summed E-state index contributed by atoms with van der Waals surface area (Å²) in [6.07, 6.45) is 0. The molecule has 2 rings (SSSR count). The molecule has 0 fully saturated rings. The molecule has 7 nitrogen and oxygen atoms in total. The Kier molecular flexibility index (Phi) is 3.56. The molecule has 2 aromatic rings. The third-order valence-corrected chi connectivity index (χ3v) is 2.73. The molecule has 0 bridgehead atoms. The zero-order valence-electron chi connectivity index (χ0n) is 9.81. The molecule has 18 heavy (non-hydrogen) atoms. The summed E-state index contributed by atoms with van der Waals surface area (Å²) >= 11 is 3.36. The van der Waals surface area contributed by atoms with Gasteiger partial charge in [0.15, 0.2) is 0 Å². The number of aromatic amines is 1. The number of carbonyl (C=O) groups is 1. The van der Waals surface area contributed by atoms with Crippen molar-refractivity contribution >= 4 is 33.2 Å². The number of rotatable bonds is 3. The SMILES string of the molecule is CN(C)c1ccc(Br)cc1NC(=O)c1nn[nH]n1. The molecule has 0 aliphatic heterocycles. The van der Waals surface area contributed by atoms with Crippen molar-refractivity contribution in [2.45, 2.75) is 0 Å². The topological polar surface area (TPSA) is 86.8 Å². The summed E-state index contributed by atoms with van der Waals surface area (Å²) < 4.78 is 0.872. The first kappa shape index (κ1) is 12.5. The van der Waals surface area contributed by atoms with E-state index in [1.165, 1.54) is 0 Å². The highest BCUT2D eigenvalue weighted by atomic mass is 79.9.